The molecule has 0 fully saturated rings. The second-order valence-electron chi connectivity index (χ2n) is 4.89. The molecule has 0 aromatic heterocycles. The summed E-state index contributed by atoms with van der Waals surface area (Å²) in [5, 5.41) is 8.22. The molecular formula is C12H12F8O4. The van der Waals surface area contributed by atoms with Gasteiger partial charge in [0.25, 0.3) is 0 Å². The summed E-state index contributed by atoms with van der Waals surface area (Å²) in [6, 6.07) is 0. The molecule has 12 heteroatoms. The fraction of sp³-hybridized carbons (Fsp3) is 0.667. The average Bonchev–Trinajstić information content (AvgIpc) is 2.41. The van der Waals surface area contributed by atoms with Crippen LogP contribution in [0.2, 0.25) is 0 Å². The quantitative estimate of drug-likeness (QED) is 0.403. The van der Waals surface area contributed by atoms with Crippen LogP contribution in [0.3, 0.4) is 0 Å². The third-order valence-corrected chi connectivity index (χ3v) is 2.68. The van der Waals surface area contributed by atoms with E-state index >= 15 is 0 Å². The molecule has 0 amide bonds. The molecule has 0 aliphatic carbocycles. The molecule has 0 radical (unpaired) electrons. The molecule has 0 saturated heterocycles. The first-order valence-corrected chi connectivity index (χ1v) is 6.12. The minimum atomic E-state index is -6.54. The van der Waals surface area contributed by atoms with Crippen LogP contribution in [0.4, 0.5) is 35.1 Å². The van der Waals surface area contributed by atoms with Gasteiger partial charge in [-0.3, -0.25) is 0 Å². The van der Waals surface area contributed by atoms with Gasteiger partial charge >= 0.3 is 36.1 Å². The summed E-state index contributed by atoms with van der Waals surface area (Å²) in [7, 11) is 0. The van der Waals surface area contributed by atoms with Crippen LogP contribution in [0.5, 0.6) is 0 Å². The minimum absolute atomic E-state index is 0.0667. The normalized spacial score (nSPS) is 15.2. The van der Waals surface area contributed by atoms with Gasteiger partial charge in [-0.05, 0) is 5.92 Å². The average molecular weight is 372 g/mol. The predicted molar refractivity (Wildman–Crippen MR) is 62.3 cm³/mol. The van der Waals surface area contributed by atoms with Gasteiger partial charge in [0, 0.05) is 12.2 Å². The fourth-order valence-corrected chi connectivity index (χ4v) is 1.47. The highest BCUT2D eigenvalue weighted by molar-refractivity contribution is 5.90. The van der Waals surface area contributed by atoms with Gasteiger partial charge in [0.05, 0.1) is 0 Å². The van der Waals surface area contributed by atoms with Crippen LogP contribution in [0.15, 0.2) is 12.2 Å². The monoisotopic (exact) mass is 372 g/mol. The molecule has 0 aromatic rings. The molecule has 24 heavy (non-hydrogen) atoms. The number of carbonyl (C=O) groups excluding carboxylic acids is 1. The number of aliphatic carboxylic acids is 1. The van der Waals surface area contributed by atoms with Crippen LogP contribution in [-0.2, 0) is 14.3 Å². The van der Waals surface area contributed by atoms with E-state index in [-0.39, 0.29) is 12.2 Å². The van der Waals surface area contributed by atoms with Crippen molar-refractivity contribution in [3.8, 4) is 0 Å². The fourth-order valence-electron chi connectivity index (χ4n) is 1.47. The zero-order valence-corrected chi connectivity index (χ0v) is 12.1. The lowest BCUT2D eigenvalue weighted by molar-refractivity contribution is -0.359. The number of carboxylic acids is 1. The molecule has 140 valence electrons. The van der Waals surface area contributed by atoms with Crippen molar-refractivity contribution in [2.24, 2.45) is 5.92 Å². The molecule has 0 bridgehead atoms. The Hall–Kier alpha value is -1.88. The summed E-state index contributed by atoms with van der Waals surface area (Å²) in [5.41, 5.74) is 0. The summed E-state index contributed by atoms with van der Waals surface area (Å²) < 4.78 is 108. The largest absolute Gasteiger partial charge is 0.478 e. The number of hydrogen-bond acceptors (Lipinski definition) is 3. The Bertz CT molecular complexity index is 501. The van der Waals surface area contributed by atoms with Gasteiger partial charge in [-0.15, -0.1) is 0 Å². The van der Waals surface area contributed by atoms with E-state index in [1.165, 1.54) is 0 Å². The van der Waals surface area contributed by atoms with Crippen LogP contribution < -0.4 is 0 Å². The summed E-state index contributed by atoms with van der Waals surface area (Å²) in [6.45, 7) is 1.56. The summed E-state index contributed by atoms with van der Waals surface area (Å²) >= 11 is 0. The lowest BCUT2D eigenvalue weighted by atomic mass is 9.92. The summed E-state index contributed by atoms with van der Waals surface area (Å²) in [5.74, 6) is -24.1. The smallest absolute Gasteiger partial charge is 0.381 e. The highest BCUT2D eigenvalue weighted by Crippen LogP contribution is 2.51. The van der Waals surface area contributed by atoms with Crippen molar-refractivity contribution >= 4 is 11.9 Å². The van der Waals surface area contributed by atoms with Crippen molar-refractivity contribution in [3.05, 3.63) is 12.2 Å². The van der Waals surface area contributed by atoms with E-state index < -0.39 is 48.2 Å². The molecule has 0 spiro atoms. The molecule has 1 N–H and O–H groups in total. The van der Waals surface area contributed by atoms with Gasteiger partial charge in [0.2, 0.25) is 0 Å². The molecule has 0 aromatic carbocycles. The van der Waals surface area contributed by atoms with E-state index in [1.807, 2.05) is 0 Å². The Kier molecular flexibility index (Phi) is 6.77. The van der Waals surface area contributed by atoms with Crippen LogP contribution >= 0.6 is 0 Å². The first-order chi connectivity index (χ1) is 10.6. The van der Waals surface area contributed by atoms with Crippen LogP contribution in [0, 0.1) is 5.92 Å². The number of ether oxygens (including phenoxy) is 1. The SMILES string of the molecule is CC(C)C(OC(=O)C=CC(=O)O)C(F)(F)C(F)(F)C(F)(F)C(F)F. The summed E-state index contributed by atoms with van der Waals surface area (Å²) in [6.07, 6.45) is -8.14. The molecular weight excluding hydrogens is 360 g/mol. The maximum absolute atomic E-state index is 13.8. The van der Waals surface area contributed by atoms with E-state index in [9.17, 15) is 44.7 Å². The molecule has 1 atom stereocenters. The van der Waals surface area contributed by atoms with Gasteiger partial charge in [0.1, 0.15) is 0 Å². The molecule has 0 saturated carbocycles. The van der Waals surface area contributed by atoms with Crippen molar-refractivity contribution in [2.75, 3.05) is 0 Å². The third kappa shape index (κ3) is 4.35. The van der Waals surface area contributed by atoms with Crippen molar-refractivity contribution in [1.29, 1.82) is 0 Å². The highest BCUT2D eigenvalue weighted by atomic mass is 19.4. The molecule has 0 heterocycles. The Morgan fingerprint density at radius 3 is 1.75 bits per heavy atom. The Balaban J connectivity index is 5.72. The van der Waals surface area contributed by atoms with Crippen molar-refractivity contribution < 1.29 is 54.6 Å². The maximum atomic E-state index is 13.8. The third-order valence-electron chi connectivity index (χ3n) is 2.68. The Morgan fingerprint density at radius 1 is 0.958 bits per heavy atom. The van der Waals surface area contributed by atoms with Crippen molar-refractivity contribution in [3.63, 3.8) is 0 Å². The Labute approximate surface area is 130 Å². The van der Waals surface area contributed by atoms with E-state index in [4.69, 9.17) is 5.11 Å². The predicted octanol–water partition coefficient (Wildman–Crippen LogP) is 3.37. The first-order valence-electron chi connectivity index (χ1n) is 6.12. The van der Waals surface area contributed by atoms with Crippen molar-refractivity contribution in [1.82, 2.24) is 0 Å². The molecule has 1 unspecified atom stereocenters. The topological polar surface area (TPSA) is 63.6 Å². The number of halogens is 8. The van der Waals surface area contributed by atoms with Crippen LogP contribution in [0.25, 0.3) is 0 Å². The highest BCUT2D eigenvalue weighted by Gasteiger charge is 2.78. The zero-order valence-electron chi connectivity index (χ0n) is 12.1. The number of alkyl halides is 8. The minimum Gasteiger partial charge on any atom is -0.478 e. The van der Waals surface area contributed by atoms with E-state index in [0.29, 0.717) is 0 Å². The van der Waals surface area contributed by atoms with Gasteiger partial charge in [0.15, 0.2) is 6.10 Å². The molecule has 0 aliphatic heterocycles. The molecule has 0 rings (SSSR count). The number of carboxylic acid groups (broad SMARTS) is 1. The number of carbonyl (C=O) groups is 2. The number of rotatable bonds is 8. The van der Waals surface area contributed by atoms with Gasteiger partial charge < -0.3 is 9.84 Å². The second-order valence-corrected chi connectivity index (χ2v) is 4.89. The van der Waals surface area contributed by atoms with E-state index in [1.54, 1.807) is 0 Å². The zero-order chi connectivity index (χ0) is 19.5. The van der Waals surface area contributed by atoms with E-state index in [0.717, 1.165) is 13.8 Å². The lowest BCUT2D eigenvalue weighted by Gasteiger charge is -2.37. The maximum Gasteiger partial charge on any atom is 0.381 e. The van der Waals surface area contributed by atoms with E-state index in [2.05, 4.69) is 4.74 Å². The number of esters is 1. The summed E-state index contributed by atoms with van der Waals surface area (Å²) in [4.78, 5) is 21.3. The van der Waals surface area contributed by atoms with Crippen molar-refractivity contribution in [2.45, 2.75) is 44.1 Å². The lowest BCUT2D eigenvalue weighted by Crippen LogP contribution is -2.63. The van der Waals surface area contributed by atoms with Crippen LogP contribution in [0.1, 0.15) is 13.8 Å². The first kappa shape index (κ1) is 22.1. The van der Waals surface area contributed by atoms with Gasteiger partial charge in [-0.2, -0.15) is 26.3 Å². The second kappa shape index (κ2) is 7.34. The van der Waals surface area contributed by atoms with Gasteiger partial charge in [-0.25, -0.2) is 18.4 Å². The standard InChI is InChI=1S/C12H12F8O4/c1-5(2)8(24-7(23)4-3-6(21)22)10(15,16)12(19,20)11(17,18)9(13)14/h3-5,8-9H,1-2H3,(H,21,22). The van der Waals surface area contributed by atoms with Crippen LogP contribution in [-0.4, -0.2) is 47.3 Å². The molecule has 0 aliphatic rings. The number of hydrogen-bond donors (Lipinski definition) is 1. The Morgan fingerprint density at radius 2 is 1.42 bits per heavy atom. The van der Waals surface area contributed by atoms with Gasteiger partial charge in [-0.1, -0.05) is 13.8 Å². The molecule has 4 nitrogen and oxygen atoms in total.